The van der Waals surface area contributed by atoms with Crippen molar-refractivity contribution in [2.24, 2.45) is 11.3 Å². The molecule has 2 aromatic carbocycles. The second-order valence-electron chi connectivity index (χ2n) is 8.97. The predicted molar refractivity (Wildman–Crippen MR) is 130 cm³/mol. The van der Waals surface area contributed by atoms with Crippen LogP contribution in [-0.2, 0) is 0 Å². The minimum atomic E-state index is -1.21. The second-order valence-corrected chi connectivity index (χ2v) is 8.97. The molecule has 2 nitrogen and oxygen atoms in total. The summed E-state index contributed by atoms with van der Waals surface area (Å²) in [5, 5.41) is 0. The smallest absolute Gasteiger partial charge is 0.226 e. The molecule has 3 rings (SSSR count). The summed E-state index contributed by atoms with van der Waals surface area (Å²) < 4.78 is 0. The van der Waals surface area contributed by atoms with Crippen molar-refractivity contribution in [2.45, 2.75) is 44.7 Å². The van der Waals surface area contributed by atoms with Gasteiger partial charge in [0.25, 0.3) is 0 Å². The molecule has 0 saturated heterocycles. The van der Waals surface area contributed by atoms with Gasteiger partial charge < -0.3 is 0 Å². The number of rotatable bonds is 7. The molecule has 1 aliphatic rings. The SMILES string of the molecule is [C-]#[N+]C(CC=C)([N+]#[C-])C1=CC(C)(C)CC[C@H]1[C@@H](/C=C/c1ccccc1)c1ccccc1. The highest BCUT2D eigenvalue weighted by Gasteiger charge is 2.53. The van der Waals surface area contributed by atoms with Crippen molar-refractivity contribution >= 4 is 6.08 Å². The van der Waals surface area contributed by atoms with Gasteiger partial charge in [0.05, 0.1) is 0 Å². The fourth-order valence-electron chi connectivity index (χ4n) is 4.56. The van der Waals surface area contributed by atoms with E-state index in [2.05, 4.69) is 84.7 Å². The van der Waals surface area contributed by atoms with E-state index < -0.39 is 5.66 Å². The predicted octanol–water partition coefficient (Wildman–Crippen LogP) is 7.96. The van der Waals surface area contributed by atoms with E-state index >= 15 is 0 Å². The lowest BCUT2D eigenvalue weighted by Crippen LogP contribution is -2.35. The lowest BCUT2D eigenvalue weighted by molar-refractivity contribution is 0.316. The van der Waals surface area contributed by atoms with E-state index in [-0.39, 0.29) is 17.3 Å². The van der Waals surface area contributed by atoms with Gasteiger partial charge in [-0.1, -0.05) is 98.8 Å². The third-order valence-electron chi connectivity index (χ3n) is 6.22. The molecular formula is C29H30N2. The first-order valence-electron chi connectivity index (χ1n) is 10.8. The molecule has 0 heterocycles. The lowest BCUT2D eigenvalue weighted by atomic mass is 9.65. The number of hydrogen-bond acceptors (Lipinski definition) is 0. The summed E-state index contributed by atoms with van der Waals surface area (Å²) in [7, 11) is 0. The van der Waals surface area contributed by atoms with E-state index in [1.54, 1.807) is 6.08 Å². The Morgan fingerprint density at radius 2 is 1.68 bits per heavy atom. The average Bonchev–Trinajstić information content (AvgIpc) is 2.79. The molecule has 0 fully saturated rings. The minimum absolute atomic E-state index is 0.0297. The molecule has 2 heteroatoms. The van der Waals surface area contributed by atoms with Crippen molar-refractivity contribution < 1.29 is 0 Å². The molecule has 156 valence electrons. The van der Waals surface area contributed by atoms with E-state index in [1.807, 2.05) is 24.3 Å². The lowest BCUT2D eigenvalue weighted by Gasteiger charge is -2.37. The maximum absolute atomic E-state index is 7.95. The van der Waals surface area contributed by atoms with Crippen molar-refractivity contribution in [3.63, 3.8) is 0 Å². The summed E-state index contributed by atoms with van der Waals surface area (Å²) in [6.07, 6.45) is 10.7. The van der Waals surface area contributed by atoms with Crippen LogP contribution < -0.4 is 0 Å². The zero-order valence-electron chi connectivity index (χ0n) is 18.5. The monoisotopic (exact) mass is 406 g/mol. The topological polar surface area (TPSA) is 8.72 Å². The van der Waals surface area contributed by atoms with Gasteiger partial charge in [-0.3, -0.25) is 0 Å². The Kier molecular flexibility index (Phi) is 6.94. The van der Waals surface area contributed by atoms with Crippen LogP contribution in [0.4, 0.5) is 0 Å². The van der Waals surface area contributed by atoms with Gasteiger partial charge in [-0.05, 0) is 29.4 Å². The van der Waals surface area contributed by atoms with Crippen LogP contribution in [0.1, 0.15) is 50.2 Å². The standard InChI is InChI=1S/C29H30N2/c1-6-20-29(30-4,31-5)27-22-28(2,3)21-19-26(27)25(24-15-11-8-12-16-24)18-17-23-13-9-7-10-14-23/h6-18,22,25-26H,1,19-21H2,2-3H3/b18-17+/t25-,26-/m0/s1. The maximum Gasteiger partial charge on any atom is 0.509 e. The van der Waals surface area contributed by atoms with Gasteiger partial charge in [0, 0.05) is 11.8 Å². The van der Waals surface area contributed by atoms with Gasteiger partial charge in [-0.15, -0.1) is 6.58 Å². The molecule has 0 amide bonds. The van der Waals surface area contributed by atoms with Gasteiger partial charge in [0.1, 0.15) is 12.0 Å². The molecule has 1 aliphatic carbocycles. The summed E-state index contributed by atoms with van der Waals surface area (Å²) in [4.78, 5) is 7.79. The van der Waals surface area contributed by atoms with Crippen LogP contribution in [0.2, 0.25) is 0 Å². The number of benzene rings is 2. The molecule has 0 N–H and O–H groups in total. The van der Waals surface area contributed by atoms with Crippen LogP contribution >= 0.6 is 0 Å². The quantitative estimate of drug-likeness (QED) is 0.326. The molecule has 0 spiro atoms. The van der Waals surface area contributed by atoms with Crippen LogP contribution in [-0.4, -0.2) is 5.66 Å². The van der Waals surface area contributed by atoms with E-state index in [0.717, 1.165) is 24.0 Å². The first kappa shape index (κ1) is 22.3. The number of allylic oxidation sites excluding steroid dienone is 2. The van der Waals surface area contributed by atoms with Crippen molar-refractivity contribution in [1.29, 1.82) is 0 Å². The largest absolute Gasteiger partial charge is 0.509 e. The maximum atomic E-state index is 7.95. The second kappa shape index (κ2) is 9.63. The highest BCUT2D eigenvalue weighted by Crippen LogP contribution is 2.49. The van der Waals surface area contributed by atoms with Gasteiger partial charge in [0.15, 0.2) is 0 Å². The van der Waals surface area contributed by atoms with Gasteiger partial charge >= 0.3 is 5.66 Å². The zero-order valence-corrected chi connectivity index (χ0v) is 18.5. The molecular weight excluding hydrogens is 376 g/mol. The molecule has 0 saturated carbocycles. The summed E-state index contributed by atoms with van der Waals surface area (Å²) >= 11 is 0. The highest BCUT2D eigenvalue weighted by atomic mass is 15.0. The van der Waals surface area contributed by atoms with Crippen molar-refractivity contribution in [2.75, 3.05) is 0 Å². The van der Waals surface area contributed by atoms with Crippen molar-refractivity contribution in [3.05, 3.63) is 125 Å². The Hall–Kier alpha value is -3.36. The van der Waals surface area contributed by atoms with Crippen molar-refractivity contribution in [1.82, 2.24) is 0 Å². The Labute approximate surface area is 187 Å². The number of hydrogen-bond donors (Lipinski definition) is 0. The highest BCUT2D eigenvalue weighted by molar-refractivity contribution is 5.52. The molecule has 0 aromatic heterocycles. The van der Waals surface area contributed by atoms with E-state index in [0.29, 0.717) is 6.42 Å². The summed E-state index contributed by atoms with van der Waals surface area (Å²) in [6, 6.07) is 20.8. The first-order chi connectivity index (χ1) is 14.9. The molecule has 0 bridgehead atoms. The Balaban J connectivity index is 2.14. The van der Waals surface area contributed by atoms with Gasteiger partial charge in [-0.25, -0.2) is 22.8 Å². The van der Waals surface area contributed by atoms with Crippen LogP contribution in [0.3, 0.4) is 0 Å². The van der Waals surface area contributed by atoms with Crippen LogP contribution in [0.15, 0.2) is 91.0 Å². The Bertz CT molecular complexity index is 1020. The van der Waals surface area contributed by atoms with Crippen LogP contribution in [0.25, 0.3) is 15.8 Å². The number of nitrogens with zero attached hydrogens (tertiary/aromatic N) is 2. The molecule has 2 atom stereocenters. The third-order valence-corrected chi connectivity index (χ3v) is 6.22. The van der Waals surface area contributed by atoms with Crippen LogP contribution in [0, 0.1) is 24.5 Å². The Morgan fingerprint density at radius 1 is 1.06 bits per heavy atom. The van der Waals surface area contributed by atoms with Crippen molar-refractivity contribution in [3.8, 4) is 0 Å². The van der Waals surface area contributed by atoms with Gasteiger partial charge in [-0.2, -0.15) is 0 Å². The average molecular weight is 407 g/mol. The summed E-state index contributed by atoms with van der Waals surface area (Å²) in [5.41, 5.74) is 2.08. The zero-order chi connectivity index (χ0) is 22.3. The molecule has 0 aliphatic heterocycles. The molecule has 31 heavy (non-hydrogen) atoms. The van der Waals surface area contributed by atoms with E-state index in [4.69, 9.17) is 13.1 Å². The van der Waals surface area contributed by atoms with E-state index in [1.165, 1.54) is 5.56 Å². The molecule has 0 radical (unpaired) electrons. The normalized spacial score (nSPS) is 19.1. The summed E-state index contributed by atoms with van der Waals surface area (Å²) in [5.74, 6) is 0.190. The van der Waals surface area contributed by atoms with Gasteiger partial charge in [0.2, 0.25) is 0 Å². The molecule has 0 unspecified atom stereocenters. The minimum Gasteiger partial charge on any atom is -0.226 e. The summed E-state index contributed by atoms with van der Waals surface area (Å²) in [6.45, 7) is 24.2. The Morgan fingerprint density at radius 3 is 2.26 bits per heavy atom. The molecule has 2 aromatic rings. The third kappa shape index (κ3) is 5.04. The first-order valence-corrected chi connectivity index (χ1v) is 10.8. The fourth-order valence-corrected chi connectivity index (χ4v) is 4.56. The van der Waals surface area contributed by atoms with Crippen LogP contribution in [0.5, 0.6) is 0 Å². The van der Waals surface area contributed by atoms with E-state index in [9.17, 15) is 0 Å². The fraction of sp³-hybridized carbons (Fsp3) is 0.310.